The number of phosphoric ester groups is 1. The van der Waals surface area contributed by atoms with Crippen molar-refractivity contribution in [1.82, 2.24) is 0 Å². The SMILES string of the molecule is CC/C=C\C/C=C\C/C=C\C/C=C\CCCCCCC(=O)O[C@H](COC(=O)CCCCCCCCC/C=C\CCCCCC)COP(=O)([O-])OCC[N+](C)(C)C. The summed E-state index contributed by atoms with van der Waals surface area (Å²) in [6.07, 6.45) is 45.3. The largest absolute Gasteiger partial charge is 0.756 e. The van der Waals surface area contributed by atoms with Crippen LogP contribution in [0.2, 0.25) is 0 Å². The zero-order valence-electron chi connectivity index (χ0n) is 36.3. The summed E-state index contributed by atoms with van der Waals surface area (Å²) in [4.78, 5) is 37.5. The molecule has 324 valence electrons. The molecule has 0 aromatic rings. The minimum Gasteiger partial charge on any atom is -0.756 e. The van der Waals surface area contributed by atoms with Crippen molar-refractivity contribution in [1.29, 1.82) is 0 Å². The Morgan fingerprint density at radius 2 is 1.02 bits per heavy atom. The van der Waals surface area contributed by atoms with Crippen LogP contribution in [0.25, 0.3) is 0 Å². The van der Waals surface area contributed by atoms with Gasteiger partial charge < -0.3 is 27.9 Å². The van der Waals surface area contributed by atoms with Crippen LogP contribution in [0.1, 0.15) is 168 Å². The van der Waals surface area contributed by atoms with Crippen LogP contribution in [-0.2, 0) is 32.7 Å². The molecule has 0 bridgehead atoms. The van der Waals surface area contributed by atoms with Gasteiger partial charge >= 0.3 is 11.9 Å². The first-order valence-corrected chi connectivity index (χ1v) is 23.5. The number of ether oxygens (including phenoxy) is 2. The summed E-state index contributed by atoms with van der Waals surface area (Å²) < 4.78 is 33.9. The monoisotopic (exact) mass is 808 g/mol. The Kier molecular flexibility index (Phi) is 36.7. The van der Waals surface area contributed by atoms with E-state index in [4.69, 9.17) is 18.5 Å². The second-order valence-corrected chi connectivity index (χ2v) is 17.1. The van der Waals surface area contributed by atoms with Crippen LogP contribution in [0.3, 0.4) is 0 Å². The van der Waals surface area contributed by atoms with Crippen LogP contribution in [0.15, 0.2) is 60.8 Å². The highest BCUT2D eigenvalue weighted by atomic mass is 31.2. The number of rotatable bonds is 39. The van der Waals surface area contributed by atoms with Gasteiger partial charge in [0.1, 0.15) is 19.8 Å². The quantitative estimate of drug-likeness (QED) is 0.0198. The number of carbonyl (C=O) groups is 2. The van der Waals surface area contributed by atoms with E-state index < -0.39 is 32.5 Å². The van der Waals surface area contributed by atoms with E-state index in [0.717, 1.165) is 83.5 Å². The average molecular weight is 808 g/mol. The minimum absolute atomic E-state index is 0.0391. The molecule has 0 spiro atoms. The third kappa shape index (κ3) is 41.3. The second kappa shape index (κ2) is 38.2. The lowest BCUT2D eigenvalue weighted by molar-refractivity contribution is -0.870. The Hall–Kier alpha value is -2.29. The standard InChI is InChI=1S/C46H82NO8P/c1-6-8-10-12-14-16-18-20-22-23-25-27-29-31-33-35-37-39-46(49)55-44(43-54-56(50,51)53-41-40-47(3,4)5)42-52-45(48)38-36-34-32-30-28-26-24-21-19-17-15-13-11-9-7-2/h8,10,14,16-17,19-20,22,25,27,44H,6-7,9,11-13,15,18,21,23-24,26,28-43H2,1-5H3/b10-8-,16-14-,19-17-,22-20-,27-25-/t44-/m1/s1. The molecule has 0 aliphatic rings. The van der Waals surface area contributed by atoms with Gasteiger partial charge in [0.15, 0.2) is 6.10 Å². The number of hydrogen-bond donors (Lipinski definition) is 0. The molecule has 0 aromatic heterocycles. The second-order valence-electron chi connectivity index (χ2n) is 15.7. The fraction of sp³-hybridized carbons (Fsp3) is 0.739. The molecule has 56 heavy (non-hydrogen) atoms. The molecule has 0 amide bonds. The molecule has 0 rings (SSSR count). The molecule has 0 aliphatic heterocycles. The highest BCUT2D eigenvalue weighted by Crippen LogP contribution is 2.38. The molecule has 10 heteroatoms. The van der Waals surface area contributed by atoms with Gasteiger partial charge in [-0.25, -0.2) is 0 Å². The molecule has 0 aliphatic carbocycles. The Balaban J connectivity index is 4.42. The van der Waals surface area contributed by atoms with E-state index in [-0.39, 0.29) is 26.1 Å². The van der Waals surface area contributed by atoms with Gasteiger partial charge in [0, 0.05) is 12.8 Å². The van der Waals surface area contributed by atoms with E-state index in [0.29, 0.717) is 17.4 Å². The lowest BCUT2D eigenvalue weighted by Crippen LogP contribution is -2.37. The van der Waals surface area contributed by atoms with Crippen molar-refractivity contribution < 1.29 is 42.1 Å². The third-order valence-electron chi connectivity index (χ3n) is 9.02. The van der Waals surface area contributed by atoms with Crippen LogP contribution in [-0.4, -0.2) is 70.0 Å². The molecule has 0 saturated heterocycles. The summed E-state index contributed by atoms with van der Waals surface area (Å²) >= 11 is 0. The predicted molar refractivity (Wildman–Crippen MR) is 231 cm³/mol. The van der Waals surface area contributed by atoms with Gasteiger partial charge in [-0.3, -0.25) is 14.2 Å². The number of hydrogen-bond acceptors (Lipinski definition) is 8. The van der Waals surface area contributed by atoms with E-state index in [1.54, 1.807) is 0 Å². The summed E-state index contributed by atoms with van der Waals surface area (Å²) in [5.74, 6) is -0.871. The van der Waals surface area contributed by atoms with Crippen molar-refractivity contribution in [3.05, 3.63) is 60.8 Å². The lowest BCUT2D eigenvalue weighted by Gasteiger charge is -2.28. The summed E-state index contributed by atoms with van der Waals surface area (Å²) in [7, 11) is 1.14. The van der Waals surface area contributed by atoms with Crippen LogP contribution in [0, 0.1) is 0 Å². The van der Waals surface area contributed by atoms with Gasteiger partial charge in [-0.1, -0.05) is 139 Å². The van der Waals surface area contributed by atoms with E-state index in [1.807, 2.05) is 21.1 Å². The van der Waals surface area contributed by atoms with Gasteiger partial charge in [-0.05, 0) is 77.0 Å². The van der Waals surface area contributed by atoms with E-state index in [2.05, 4.69) is 74.6 Å². The number of phosphoric acid groups is 1. The van der Waals surface area contributed by atoms with Crippen molar-refractivity contribution in [2.75, 3.05) is 47.5 Å². The maximum atomic E-state index is 12.7. The summed E-state index contributed by atoms with van der Waals surface area (Å²) in [5, 5.41) is 0. The smallest absolute Gasteiger partial charge is 0.306 e. The number of allylic oxidation sites excluding steroid dienone is 10. The Bertz CT molecular complexity index is 1140. The molecule has 0 aromatic carbocycles. The first kappa shape index (κ1) is 53.7. The van der Waals surface area contributed by atoms with Crippen LogP contribution < -0.4 is 4.89 Å². The van der Waals surface area contributed by atoms with Crippen molar-refractivity contribution >= 4 is 19.8 Å². The van der Waals surface area contributed by atoms with E-state index in [9.17, 15) is 19.0 Å². The Morgan fingerprint density at radius 1 is 0.571 bits per heavy atom. The topological polar surface area (TPSA) is 111 Å². The number of carbonyl (C=O) groups excluding carboxylic acids is 2. The number of esters is 2. The van der Waals surface area contributed by atoms with Crippen molar-refractivity contribution in [2.45, 2.75) is 174 Å². The number of unbranched alkanes of at least 4 members (excludes halogenated alkanes) is 15. The molecular weight excluding hydrogens is 725 g/mol. The summed E-state index contributed by atoms with van der Waals surface area (Å²) in [5.41, 5.74) is 0. The van der Waals surface area contributed by atoms with Crippen LogP contribution in [0.5, 0.6) is 0 Å². The summed E-state index contributed by atoms with van der Waals surface area (Å²) in [6, 6.07) is 0. The maximum absolute atomic E-state index is 12.7. The fourth-order valence-electron chi connectivity index (χ4n) is 5.58. The van der Waals surface area contributed by atoms with Gasteiger partial charge in [0.25, 0.3) is 7.82 Å². The highest BCUT2D eigenvalue weighted by Gasteiger charge is 2.21. The molecule has 0 fully saturated rings. The predicted octanol–water partition coefficient (Wildman–Crippen LogP) is 11.8. The molecular formula is C46H82NO8P. The Morgan fingerprint density at radius 3 is 1.54 bits per heavy atom. The molecule has 0 heterocycles. The number of likely N-dealkylation sites (N-methyl/N-ethyl adjacent to an activating group) is 1. The molecule has 9 nitrogen and oxygen atoms in total. The van der Waals surface area contributed by atoms with Crippen LogP contribution in [0.4, 0.5) is 0 Å². The first-order chi connectivity index (χ1) is 27.0. The van der Waals surface area contributed by atoms with Gasteiger partial charge in [-0.2, -0.15) is 0 Å². The van der Waals surface area contributed by atoms with Crippen molar-refractivity contribution in [3.63, 3.8) is 0 Å². The molecule has 0 saturated carbocycles. The zero-order chi connectivity index (χ0) is 41.4. The van der Waals surface area contributed by atoms with Crippen LogP contribution >= 0.6 is 7.82 Å². The number of quaternary nitrogens is 1. The summed E-state index contributed by atoms with van der Waals surface area (Å²) in [6.45, 7) is 4.05. The molecule has 0 radical (unpaired) electrons. The van der Waals surface area contributed by atoms with Gasteiger partial charge in [-0.15, -0.1) is 0 Å². The minimum atomic E-state index is -4.63. The van der Waals surface area contributed by atoms with Crippen molar-refractivity contribution in [2.24, 2.45) is 0 Å². The van der Waals surface area contributed by atoms with E-state index in [1.165, 1.54) is 51.4 Å². The van der Waals surface area contributed by atoms with Gasteiger partial charge in [0.05, 0.1) is 27.7 Å². The highest BCUT2D eigenvalue weighted by molar-refractivity contribution is 7.45. The zero-order valence-corrected chi connectivity index (χ0v) is 37.2. The average Bonchev–Trinajstić information content (AvgIpc) is 3.15. The van der Waals surface area contributed by atoms with Gasteiger partial charge in [0.2, 0.25) is 0 Å². The first-order valence-electron chi connectivity index (χ1n) is 22.0. The normalized spacial score (nSPS) is 14.2. The lowest BCUT2D eigenvalue weighted by atomic mass is 10.1. The van der Waals surface area contributed by atoms with E-state index >= 15 is 0 Å². The number of nitrogens with zero attached hydrogens (tertiary/aromatic N) is 1. The Labute approximate surface area is 343 Å². The third-order valence-corrected chi connectivity index (χ3v) is 9.99. The molecule has 1 unspecified atom stereocenters. The molecule has 0 N–H and O–H groups in total. The molecule has 2 atom stereocenters. The maximum Gasteiger partial charge on any atom is 0.306 e. The fourth-order valence-corrected chi connectivity index (χ4v) is 6.31. The van der Waals surface area contributed by atoms with Crippen molar-refractivity contribution in [3.8, 4) is 0 Å².